The van der Waals surface area contributed by atoms with E-state index in [9.17, 15) is 0 Å². The Labute approximate surface area is 147 Å². The van der Waals surface area contributed by atoms with E-state index in [2.05, 4.69) is 61.9 Å². The van der Waals surface area contributed by atoms with Crippen LogP contribution in [0.2, 0.25) is 0 Å². The lowest BCUT2D eigenvalue weighted by molar-refractivity contribution is -0.657. The maximum atomic E-state index is 6.49. The Morgan fingerprint density at radius 1 is 1.17 bits per heavy atom. The first kappa shape index (κ1) is 17.7. The standard InChI is InChI=1S/C22H34NO/c1-4-6-8-14-21-18(3)20(19-12-9-7-10-13-19)17-23-16-11-15-22(21,23)24-5-2/h7,9-10,12-13,17-18,20-21H,4-6,8,11,14-16H2,1-3H3/q+1. The Morgan fingerprint density at radius 2 is 1.96 bits per heavy atom. The highest BCUT2D eigenvalue weighted by atomic mass is 16.5. The summed E-state index contributed by atoms with van der Waals surface area (Å²) in [6, 6.07) is 11.1. The van der Waals surface area contributed by atoms with Gasteiger partial charge in [-0.2, -0.15) is 0 Å². The minimum absolute atomic E-state index is 0.0345. The average molecular weight is 329 g/mol. The Bertz CT molecular complexity index is 552. The molecule has 0 radical (unpaired) electrons. The Balaban J connectivity index is 1.95. The molecule has 1 saturated heterocycles. The van der Waals surface area contributed by atoms with E-state index in [0.29, 0.717) is 17.8 Å². The van der Waals surface area contributed by atoms with Crippen molar-refractivity contribution in [1.29, 1.82) is 0 Å². The van der Waals surface area contributed by atoms with Gasteiger partial charge in [0.1, 0.15) is 12.8 Å². The maximum Gasteiger partial charge on any atom is 0.270 e. The fourth-order valence-corrected chi connectivity index (χ4v) is 5.10. The molecular formula is C22H34NO+. The molecule has 4 atom stereocenters. The molecule has 0 N–H and O–H groups in total. The lowest BCUT2D eigenvalue weighted by atomic mass is 9.70. The first-order chi connectivity index (χ1) is 11.7. The van der Waals surface area contributed by atoms with Crippen LogP contribution in [-0.2, 0) is 4.74 Å². The van der Waals surface area contributed by atoms with Gasteiger partial charge in [-0.05, 0) is 24.8 Å². The van der Waals surface area contributed by atoms with Crippen LogP contribution in [0.3, 0.4) is 0 Å². The van der Waals surface area contributed by atoms with E-state index in [1.807, 2.05) is 0 Å². The highest BCUT2D eigenvalue weighted by Crippen LogP contribution is 2.48. The van der Waals surface area contributed by atoms with Crippen LogP contribution in [0.1, 0.15) is 70.8 Å². The van der Waals surface area contributed by atoms with Gasteiger partial charge in [-0.25, -0.2) is 4.58 Å². The second-order valence-corrected chi connectivity index (χ2v) is 7.62. The zero-order chi connectivity index (χ0) is 17.0. The van der Waals surface area contributed by atoms with Gasteiger partial charge >= 0.3 is 0 Å². The number of fused-ring (bicyclic) bond motifs is 1. The highest BCUT2D eigenvalue weighted by Gasteiger charge is 2.58. The SMILES string of the molecule is CCCCCC1C(C)C(c2ccccc2)C=[N+]2CCCC12OCC. The number of hydrogen-bond donors (Lipinski definition) is 0. The first-order valence-electron chi connectivity index (χ1n) is 10.0. The molecule has 2 nitrogen and oxygen atoms in total. The van der Waals surface area contributed by atoms with Crippen LogP contribution in [0.25, 0.3) is 0 Å². The molecule has 0 amide bonds. The summed E-state index contributed by atoms with van der Waals surface area (Å²) in [6.45, 7) is 8.88. The number of hydrogen-bond acceptors (Lipinski definition) is 1. The number of unbranched alkanes of at least 4 members (excludes halogenated alkanes) is 2. The van der Waals surface area contributed by atoms with Crippen LogP contribution >= 0.6 is 0 Å². The molecule has 2 heterocycles. The van der Waals surface area contributed by atoms with Gasteiger partial charge in [-0.1, -0.05) is 63.4 Å². The smallest absolute Gasteiger partial charge is 0.270 e. The number of benzene rings is 1. The predicted octanol–water partition coefficient (Wildman–Crippen LogP) is 5.23. The third-order valence-corrected chi connectivity index (χ3v) is 6.24. The molecule has 4 unspecified atom stereocenters. The topological polar surface area (TPSA) is 12.2 Å². The summed E-state index contributed by atoms with van der Waals surface area (Å²) in [7, 11) is 0. The van der Waals surface area contributed by atoms with Crippen LogP contribution in [0.5, 0.6) is 0 Å². The van der Waals surface area contributed by atoms with Crippen molar-refractivity contribution < 1.29 is 9.31 Å². The summed E-state index contributed by atoms with van der Waals surface area (Å²) in [4.78, 5) is 0. The summed E-state index contributed by atoms with van der Waals surface area (Å²) in [5.41, 5.74) is 1.43. The molecule has 132 valence electrons. The maximum absolute atomic E-state index is 6.49. The summed E-state index contributed by atoms with van der Waals surface area (Å²) in [6.07, 6.45) is 10.2. The van der Waals surface area contributed by atoms with Crippen molar-refractivity contribution >= 4 is 6.21 Å². The van der Waals surface area contributed by atoms with Crippen LogP contribution in [-0.4, -0.2) is 29.7 Å². The molecule has 1 fully saturated rings. The molecule has 0 aliphatic carbocycles. The molecular weight excluding hydrogens is 294 g/mol. The molecule has 24 heavy (non-hydrogen) atoms. The molecule has 0 saturated carbocycles. The number of ether oxygens (including phenoxy) is 1. The van der Waals surface area contributed by atoms with Crippen molar-refractivity contribution in [3.8, 4) is 0 Å². The Morgan fingerprint density at radius 3 is 2.67 bits per heavy atom. The van der Waals surface area contributed by atoms with E-state index in [-0.39, 0.29) is 5.72 Å². The minimum atomic E-state index is -0.0345. The van der Waals surface area contributed by atoms with Gasteiger partial charge in [0.15, 0.2) is 0 Å². The van der Waals surface area contributed by atoms with E-state index in [1.165, 1.54) is 44.1 Å². The van der Waals surface area contributed by atoms with Gasteiger partial charge in [0.25, 0.3) is 5.72 Å². The summed E-state index contributed by atoms with van der Waals surface area (Å²) in [5.74, 6) is 1.77. The van der Waals surface area contributed by atoms with Crippen LogP contribution < -0.4 is 0 Å². The molecule has 3 rings (SSSR count). The number of nitrogens with zero attached hydrogens (tertiary/aromatic N) is 1. The first-order valence-corrected chi connectivity index (χ1v) is 10.0. The Kier molecular flexibility index (Phi) is 5.76. The zero-order valence-electron chi connectivity index (χ0n) is 15.7. The lowest BCUT2D eigenvalue weighted by Crippen LogP contribution is -2.54. The van der Waals surface area contributed by atoms with Crippen molar-refractivity contribution in [2.75, 3.05) is 13.2 Å². The molecule has 2 aliphatic rings. The second kappa shape index (κ2) is 7.82. The van der Waals surface area contributed by atoms with Gasteiger partial charge in [0, 0.05) is 12.8 Å². The summed E-state index contributed by atoms with van der Waals surface area (Å²) in [5, 5.41) is 0. The Hall–Kier alpha value is -1.15. The fourth-order valence-electron chi connectivity index (χ4n) is 5.10. The van der Waals surface area contributed by atoms with E-state index in [4.69, 9.17) is 4.74 Å². The molecule has 2 aliphatic heterocycles. The van der Waals surface area contributed by atoms with Crippen LogP contribution in [0.15, 0.2) is 30.3 Å². The van der Waals surface area contributed by atoms with Crippen molar-refractivity contribution in [1.82, 2.24) is 0 Å². The highest BCUT2D eigenvalue weighted by molar-refractivity contribution is 5.65. The van der Waals surface area contributed by atoms with Gasteiger partial charge < -0.3 is 4.74 Å². The average Bonchev–Trinajstić information content (AvgIpc) is 3.01. The normalized spacial score (nSPS) is 32.5. The van der Waals surface area contributed by atoms with Gasteiger partial charge in [-0.15, -0.1) is 0 Å². The molecule has 0 spiro atoms. The molecule has 0 bridgehead atoms. The zero-order valence-corrected chi connectivity index (χ0v) is 15.7. The fraction of sp³-hybridized carbons (Fsp3) is 0.682. The molecule has 1 aromatic carbocycles. The van der Waals surface area contributed by atoms with E-state index < -0.39 is 0 Å². The monoisotopic (exact) mass is 328 g/mol. The predicted molar refractivity (Wildman–Crippen MR) is 101 cm³/mol. The van der Waals surface area contributed by atoms with Crippen LogP contribution in [0.4, 0.5) is 0 Å². The van der Waals surface area contributed by atoms with E-state index in [0.717, 1.165) is 13.2 Å². The quantitative estimate of drug-likeness (QED) is 0.493. The lowest BCUT2D eigenvalue weighted by Gasteiger charge is -2.42. The second-order valence-electron chi connectivity index (χ2n) is 7.62. The minimum Gasteiger partial charge on any atom is -0.319 e. The summed E-state index contributed by atoms with van der Waals surface area (Å²) < 4.78 is 9.06. The van der Waals surface area contributed by atoms with Crippen LogP contribution in [0, 0.1) is 11.8 Å². The van der Waals surface area contributed by atoms with E-state index in [1.54, 1.807) is 0 Å². The number of rotatable bonds is 7. The van der Waals surface area contributed by atoms with Gasteiger partial charge in [-0.3, -0.25) is 0 Å². The molecule has 1 aromatic rings. The van der Waals surface area contributed by atoms with Gasteiger partial charge in [0.2, 0.25) is 0 Å². The van der Waals surface area contributed by atoms with Crippen molar-refractivity contribution in [2.45, 2.75) is 70.9 Å². The largest absolute Gasteiger partial charge is 0.319 e. The van der Waals surface area contributed by atoms with Gasteiger partial charge in [0.05, 0.1) is 18.4 Å². The third-order valence-electron chi connectivity index (χ3n) is 6.24. The van der Waals surface area contributed by atoms with Crippen molar-refractivity contribution in [3.05, 3.63) is 35.9 Å². The summed E-state index contributed by atoms with van der Waals surface area (Å²) >= 11 is 0. The van der Waals surface area contributed by atoms with Crippen molar-refractivity contribution in [3.63, 3.8) is 0 Å². The van der Waals surface area contributed by atoms with E-state index >= 15 is 0 Å². The molecule has 0 aromatic heterocycles. The third kappa shape index (κ3) is 3.18. The van der Waals surface area contributed by atoms with Crippen molar-refractivity contribution in [2.24, 2.45) is 11.8 Å². The molecule has 2 heteroatoms.